The summed E-state index contributed by atoms with van der Waals surface area (Å²) in [6.07, 6.45) is 35.2. The van der Waals surface area contributed by atoms with E-state index >= 15 is 0 Å². The molecule has 0 saturated heterocycles. The quantitative estimate of drug-likeness (QED) is 0.0184. The summed E-state index contributed by atoms with van der Waals surface area (Å²) in [5.41, 5.74) is 0. The largest absolute Gasteiger partial charge is 0.469 e. The van der Waals surface area contributed by atoms with E-state index in [-0.39, 0.29) is 44.3 Å². The predicted molar refractivity (Wildman–Crippen MR) is 227 cm³/mol. The standard InChI is InChI=1S/C45H71O12P/c1-3-5-7-8-9-10-11-12-13-14-15-16-17-18-19-20-21-22-24-29-44(50)55-35-39(36-56-58(52,53)54)57-45(51)30-26-25-28-38(47)33-41-40(42(48)34-43(41)49)32-31-37(46)27-23-6-4-2/h5,7,9-10,12-13,15-16,18-19,21-22,31-32,37,39-43,46,48-49H,3-4,6,8,11,14,17,20,23-30,33-36H2,1-2H3,(H2,52,53,54)/b7-5-,10-9-,13-12-,16-15-,19-18-,22-21-,32-31+/t37-,39+,40+,41+,42+,43-/m0/s1. The van der Waals surface area contributed by atoms with Gasteiger partial charge in [-0.2, -0.15) is 0 Å². The summed E-state index contributed by atoms with van der Waals surface area (Å²) in [6, 6.07) is 0. The summed E-state index contributed by atoms with van der Waals surface area (Å²) < 4.78 is 26.2. The van der Waals surface area contributed by atoms with E-state index in [1.54, 1.807) is 12.2 Å². The van der Waals surface area contributed by atoms with Gasteiger partial charge in [-0.15, -0.1) is 0 Å². The Morgan fingerprint density at radius 3 is 1.84 bits per heavy atom. The van der Waals surface area contributed by atoms with Crippen LogP contribution in [-0.2, 0) is 32.9 Å². The van der Waals surface area contributed by atoms with Gasteiger partial charge in [-0.1, -0.05) is 118 Å². The normalized spacial score (nSPS) is 20.3. The van der Waals surface area contributed by atoms with Gasteiger partial charge in [0.25, 0.3) is 0 Å². The molecule has 1 aliphatic carbocycles. The van der Waals surface area contributed by atoms with Crippen LogP contribution in [0.15, 0.2) is 85.1 Å². The van der Waals surface area contributed by atoms with Crippen molar-refractivity contribution in [3.05, 3.63) is 85.1 Å². The second-order valence-corrected chi connectivity index (χ2v) is 15.8. The second kappa shape index (κ2) is 33.6. The molecule has 0 heterocycles. The smallest absolute Gasteiger partial charge is 0.462 e. The van der Waals surface area contributed by atoms with Gasteiger partial charge in [0.2, 0.25) is 0 Å². The monoisotopic (exact) mass is 834 g/mol. The molecule has 328 valence electrons. The number of aliphatic hydroxyl groups excluding tert-OH is 3. The minimum atomic E-state index is -4.88. The Morgan fingerprint density at radius 1 is 0.707 bits per heavy atom. The fourth-order valence-electron chi connectivity index (χ4n) is 6.22. The Bertz CT molecular complexity index is 1390. The van der Waals surface area contributed by atoms with Crippen molar-refractivity contribution in [2.45, 2.75) is 154 Å². The predicted octanol–water partition coefficient (Wildman–Crippen LogP) is 8.40. The van der Waals surface area contributed by atoms with Crippen LogP contribution in [0, 0.1) is 11.8 Å². The van der Waals surface area contributed by atoms with E-state index in [1.165, 1.54) is 0 Å². The van der Waals surface area contributed by atoms with Crippen molar-refractivity contribution in [1.82, 2.24) is 0 Å². The third kappa shape index (κ3) is 29.1. The van der Waals surface area contributed by atoms with Crippen LogP contribution >= 0.6 is 7.82 Å². The average Bonchev–Trinajstić information content (AvgIpc) is 3.44. The minimum Gasteiger partial charge on any atom is -0.462 e. The first-order valence-corrected chi connectivity index (χ1v) is 22.6. The second-order valence-electron chi connectivity index (χ2n) is 14.5. The van der Waals surface area contributed by atoms with Gasteiger partial charge in [-0.3, -0.25) is 18.9 Å². The van der Waals surface area contributed by atoms with Crippen molar-refractivity contribution < 1.29 is 58.1 Å². The van der Waals surface area contributed by atoms with E-state index in [0.29, 0.717) is 25.7 Å². The number of hydrogen-bond donors (Lipinski definition) is 5. The molecule has 0 aromatic rings. The van der Waals surface area contributed by atoms with Crippen molar-refractivity contribution in [1.29, 1.82) is 0 Å². The lowest BCUT2D eigenvalue weighted by molar-refractivity contribution is -0.161. The molecule has 0 amide bonds. The van der Waals surface area contributed by atoms with Crippen LogP contribution in [0.5, 0.6) is 0 Å². The highest BCUT2D eigenvalue weighted by molar-refractivity contribution is 7.46. The number of phosphoric acid groups is 1. The molecule has 0 radical (unpaired) electrons. The summed E-state index contributed by atoms with van der Waals surface area (Å²) in [6.45, 7) is 3.07. The summed E-state index contributed by atoms with van der Waals surface area (Å²) in [4.78, 5) is 55.8. The third-order valence-electron chi connectivity index (χ3n) is 9.39. The topological polar surface area (TPSA) is 197 Å². The molecule has 1 rings (SSSR count). The van der Waals surface area contributed by atoms with E-state index < -0.39 is 69.2 Å². The van der Waals surface area contributed by atoms with Gasteiger partial charge in [0.1, 0.15) is 12.4 Å². The van der Waals surface area contributed by atoms with Gasteiger partial charge in [0, 0.05) is 43.9 Å². The Labute approximate surface area is 346 Å². The molecule has 1 saturated carbocycles. The number of aliphatic hydroxyl groups is 3. The molecular weight excluding hydrogens is 763 g/mol. The fraction of sp³-hybridized carbons (Fsp3) is 0.622. The van der Waals surface area contributed by atoms with Gasteiger partial charge >= 0.3 is 19.8 Å². The Hall–Kier alpha value is -3.22. The molecule has 12 nitrogen and oxygen atoms in total. The van der Waals surface area contributed by atoms with Crippen LogP contribution in [0.1, 0.15) is 129 Å². The van der Waals surface area contributed by atoms with Crippen molar-refractivity contribution in [2.75, 3.05) is 13.2 Å². The lowest BCUT2D eigenvalue weighted by Crippen LogP contribution is -2.29. The van der Waals surface area contributed by atoms with E-state index in [4.69, 9.17) is 19.3 Å². The minimum absolute atomic E-state index is 0.0524. The first-order chi connectivity index (χ1) is 27.9. The molecule has 1 aliphatic rings. The highest BCUT2D eigenvalue weighted by atomic mass is 31.2. The zero-order valence-electron chi connectivity index (χ0n) is 34.7. The summed E-state index contributed by atoms with van der Waals surface area (Å²) in [7, 11) is -4.88. The summed E-state index contributed by atoms with van der Waals surface area (Å²) in [5.74, 6) is -2.34. The molecule has 0 unspecified atom stereocenters. The van der Waals surface area contributed by atoms with Crippen LogP contribution in [0.25, 0.3) is 0 Å². The lowest BCUT2D eigenvalue weighted by Gasteiger charge is -2.20. The molecule has 1 fully saturated rings. The van der Waals surface area contributed by atoms with E-state index in [2.05, 4.69) is 73.1 Å². The number of carbonyl (C=O) groups excluding carboxylic acids is 3. The fourth-order valence-corrected chi connectivity index (χ4v) is 6.58. The Balaban J connectivity index is 2.37. The lowest BCUT2D eigenvalue weighted by atomic mass is 9.87. The molecule has 0 aliphatic heterocycles. The van der Waals surface area contributed by atoms with Crippen LogP contribution in [0.2, 0.25) is 0 Å². The van der Waals surface area contributed by atoms with Crippen LogP contribution in [-0.4, -0.2) is 80.5 Å². The highest BCUT2D eigenvalue weighted by Crippen LogP contribution is 2.37. The first-order valence-electron chi connectivity index (χ1n) is 21.1. The molecular formula is C45H71O12P. The zero-order chi connectivity index (χ0) is 42.9. The SMILES string of the molecule is CC/C=C\C/C=C\C/C=C\C/C=C\C/C=C\C/C=C\CCC(=O)OC[C@H](COP(=O)(O)O)OC(=O)CCCCC(=O)C[C@@H]1[C@@H](/C=C/[C@@H](O)CCCCC)[C@H](O)C[C@@H]1O. The molecule has 58 heavy (non-hydrogen) atoms. The number of allylic oxidation sites excluding steroid dienone is 12. The van der Waals surface area contributed by atoms with Crippen LogP contribution in [0.4, 0.5) is 0 Å². The molecule has 0 aromatic carbocycles. The number of Topliss-reactive ketones (excluding diaryl/α,β-unsaturated/α-hetero) is 1. The van der Waals surface area contributed by atoms with Gasteiger partial charge in [-0.25, -0.2) is 4.57 Å². The number of unbranched alkanes of at least 4 members (excludes halogenated alkanes) is 3. The Morgan fingerprint density at radius 2 is 1.28 bits per heavy atom. The van der Waals surface area contributed by atoms with Crippen molar-refractivity contribution >= 4 is 25.5 Å². The van der Waals surface area contributed by atoms with Gasteiger partial charge in [-0.05, 0) is 64.2 Å². The average molecular weight is 835 g/mol. The van der Waals surface area contributed by atoms with Gasteiger partial charge in [0.05, 0.1) is 24.9 Å². The Kier molecular flexibility index (Phi) is 30.6. The van der Waals surface area contributed by atoms with Crippen molar-refractivity contribution in [3.63, 3.8) is 0 Å². The zero-order valence-corrected chi connectivity index (χ0v) is 35.6. The molecule has 6 atom stereocenters. The summed E-state index contributed by atoms with van der Waals surface area (Å²) in [5, 5.41) is 31.2. The number of esters is 2. The molecule has 0 spiro atoms. The first kappa shape index (κ1) is 52.8. The highest BCUT2D eigenvalue weighted by Gasteiger charge is 2.41. The maximum Gasteiger partial charge on any atom is 0.469 e. The van der Waals surface area contributed by atoms with Gasteiger partial charge < -0.3 is 34.6 Å². The van der Waals surface area contributed by atoms with Crippen molar-refractivity contribution in [2.24, 2.45) is 11.8 Å². The number of hydrogen-bond acceptors (Lipinski definition) is 10. The number of carbonyl (C=O) groups is 3. The molecule has 5 N–H and O–H groups in total. The number of ether oxygens (including phenoxy) is 2. The number of rotatable bonds is 33. The molecule has 13 heteroatoms. The molecule has 0 aromatic heterocycles. The maximum absolute atomic E-state index is 12.8. The number of phosphoric ester groups is 1. The summed E-state index contributed by atoms with van der Waals surface area (Å²) >= 11 is 0. The van der Waals surface area contributed by atoms with Crippen molar-refractivity contribution in [3.8, 4) is 0 Å². The van der Waals surface area contributed by atoms with E-state index in [0.717, 1.165) is 51.4 Å². The van der Waals surface area contributed by atoms with Gasteiger partial charge in [0.15, 0.2) is 6.10 Å². The van der Waals surface area contributed by atoms with Crippen LogP contribution < -0.4 is 0 Å². The van der Waals surface area contributed by atoms with Crippen LogP contribution in [0.3, 0.4) is 0 Å². The van der Waals surface area contributed by atoms with E-state index in [1.807, 2.05) is 18.2 Å². The number of ketones is 1. The van der Waals surface area contributed by atoms with E-state index in [9.17, 15) is 34.3 Å². The third-order valence-corrected chi connectivity index (χ3v) is 9.88. The molecule has 0 bridgehead atoms. The maximum atomic E-state index is 12.8.